The maximum Gasteiger partial charge on any atom is 0.150 e. The van der Waals surface area contributed by atoms with Gasteiger partial charge in [0.1, 0.15) is 0 Å². The lowest BCUT2D eigenvalue weighted by atomic mass is 9.97. The highest BCUT2D eigenvalue weighted by Crippen LogP contribution is 2.23. The van der Waals surface area contributed by atoms with Gasteiger partial charge in [-0.05, 0) is 32.1 Å². The summed E-state index contributed by atoms with van der Waals surface area (Å²) in [6.45, 7) is 1.81. The van der Waals surface area contributed by atoms with Crippen LogP contribution in [0.3, 0.4) is 0 Å². The van der Waals surface area contributed by atoms with Crippen LogP contribution < -0.4 is 5.73 Å². The molecule has 0 aromatic heterocycles. The summed E-state index contributed by atoms with van der Waals surface area (Å²) in [6, 6.07) is 0.101. The second-order valence-corrected chi connectivity index (χ2v) is 6.46. The fraction of sp³-hybridized carbons (Fsp3) is 0.818. The molecule has 1 saturated heterocycles. The zero-order valence-electron chi connectivity index (χ0n) is 9.20. The summed E-state index contributed by atoms with van der Waals surface area (Å²) >= 11 is 0. The molecule has 1 fully saturated rings. The minimum Gasteiger partial charge on any atom is -0.328 e. The Morgan fingerprint density at radius 3 is 2.80 bits per heavy atom. The number of rotatable bonds is 4. The van der Waals surface area contributed by atoms with Gasteiger partial charge >= 0.3 is 0 Å². The molecule has 3 nitrogen and oxygen atoms in total. The Labute approximate surface area is 92.3 Å². The number of sulfone groups is 1. The predicted molar refractivity (Wildman–Crippen MR) is 62.0 cm³/mol. The summed E-state index contributed by atoms with van der Waals surface area (Å²) in [5, 5.41) is 0. The Balaban J connectivity index is 2.26. The maximum absolute atomic E-state index is 11.2. The third-order valence-electron chi connectivity index (χ3n) is 2.78. The molecule has 4 heteroatoms. The fourth-order valence-corrected chi connectivity index (χ4v) is 3.87. The van der Waals surface area contributed by atoms with Crippen molar-refractivity contribution in [2.45, 2.75) is 38.6 Å². The van der Waals surface area contributed by atoms with Crippen molar-refractivity contribution in [1.82, 2.24) is 0 Å². The summed E-state index contributed by atoms with van der Waals surface area (Å²) in [4.78, 5) is 0. The van der Waals surface area contributed by atoms with E-state index in [1.54, 1.807) is 0 Å². The van der Waals surface area contributed by atoms with Crippen molar-refractivity contribution in [3.63, 3.8) is 0 Å². The van der Waals surface area contributed by atoms with Gasteiger partial charge in [-0.25, -0.2) is 8.42 Å². The first kappa shape index (κ1) is 12.5. The molecule has 0 aromatic rings. The van der Waals surface area contributed by atoms with E-state index < -0.39 is 9.84 Å². The van der Waals surface area contributed by atoms with Crippen LogP contribution in [-0.4, -0.2) is 26.0 Å². The van der Waals surface area contributed by atoms with Gasteiger partial charge < -0.3 is 5.73 Å². The van der Waals surface area contributed by atoms with Crippen LogP contribution in [0.25, 0.3) is 0 Å². The first-order valence-electron chi connectivity index (χ1n) is 5.39. The van der Waals surface area contributed by atoms with Gasteiger partial charge in [0, 0.05) is 12.5 Å². The average molecular weight is 229 g/mol. The van der Waals surface area contributed by atoms with Crippen LogP contribution in [0.5, 0.6) is 0 Å². The zero-order valence-corrected chi connectivity index (χ0v) is 10.0. The number of nitrogens with two attached hydrogens (primary N) is 1. The first-order chi connectivity index (χ1) is 7.03. The van der Waals surface area contributed by atoms with Crippen molar-refractivity contribution in [3.05, 3.63) is 0 Å². The predicted octanol–water partition coefficient (Wildman–Crippen LogP) is 0.942. The van der Waals surface area contributed by atoms with E-state index in [4.69, 9.17) is 5.73 Å². The van der Waals surface area contributed by atoms with Crippen molar-refractivity contribution >= 4 is 9.84 Å². The standard InChI is InChI=1S/C11H19NO2S/c1-2-3-4-5-11(12)8-10-6-7-15(13,14)9-10/h10-11H,4-9,12H2,1H3. The van der Waals surface area contributed by atoms with E-state index >= 15 is 0 Å². The van der Waals surface area contributed by atoms with Crippen LogP contribution in [0, 0.1) is 17.8 Å². The molecular weight excluding hydrogens is 210 g/mol. The van der Waals surface area contributed by atoms with Crippen LogP contribution in [0.1, 0.15) is 32.6 Å². The molecule has 1 aliphatic heterocycles. The summed E-state index contributed by atoms with van der Waals surface area (Å²) in [5.41, 5.74) is 5.92. The molecule has 0 saturated carbocycles. The molecule has 0 amide bonds. The minimum absolute atomic E-state index is 0.101. The molecule has 2 unspecified atom stereocenters. The van der Waals surface area contributed by atoms with Crippen LogP contribution in [0.4, 0.5) is 0 Å². The van der Waals surface area contributed by atoms with Crippen molar-refractivity contribution < 1.29 is 8.42 Å². The normalized spacial score (nSPS) is 25.6. The van der Waals surface area contributed by atoms with Gasteiger partial charge in [0.15, 0.2) is 9.84 Å². The van der Waals surface area contributed by atoms with Crippen molar-refractivity contribution in [3.8, 4) is 11.8 Å². The SMILES string of the molecule is CC#CCCC(N)CC1CCS(=O)(=O)C1. The largest absolute Gasteiger partial charge is 0.328 e. The molecule has 0 aliphatic carbocycles. The molecule has 2 N–H and O–H groups in total. The quantitative estimate of drug-likeness (QED) is 0.730. The van der Waals surface area contributed by atoms with Crippen LogP contribution in [0.15, 0.2) is 0 Å². The second kappa shape index (κ2) is 5.53. The Kier molecular flexibility index (Phi) is 4.62. The topological polar surface area (TPSA) is 60.2 Å². The van der Waals surface area contributed by atoms with Gasteiger partial charge in [-0.1, -0.05) is 0 Å². The molecule has 15 heavy (non-hydrogen) atoms. The van der Waals surface area contributed by atoms with E-state index in [9.17, 15) is 8.42 Å². The fourth-order valence-electron chi connectivity index (χ4n) is 1.99. The Bertz CT molecular complexity index is 351. The highest BCUT2D eigenvalue weighted by atomic mass is 32.2. The van der Waals surface area contributed by atoms with Gasteiger partial charge in [0.25, 0.3) is 0 Å². The van der Waals surface area contributed by atoms with Gasteiger partial charge in [-0.3, -0.25) is 0 Å². The minimum atomic E-state index is -2.75. The molecule has 0 bridgehead atoms. The van der Waals surface area contributed by atoms with Crippen molar-refractivity contribution in [2.75, 3.05) is 11.5 Å². The monoisotopic (exact) mass is 229 g/mol. The lowest BCUT2D eigenvalue weighted by Crippen LogP contribution is -2.24. The second-order valence-electron chi connectivity index (χ2n) is 4.23. The Morgan fingerprint density at radius 2 is 2.27 bits per heavy atom. The molecular formula is C11H19NO2S. The Hall–Kier alpha value is -0.530. The van der Waals surface area contributed by atoms with Gasteiger partial charge in [0.2, 0.25) is 0 Å². The Morgan fingerprint density at radius 1 is 1.53 bits per heavy atom. The van der Waals surface area contributed by atoms with E-state index in [2.05, 4.69) is 11.8 Å². The van der Waals surface area contributed by atoms with Crippen LogP contribution in [0.2, 0.25) is 0 Å². The molecule has 86 valence electrons. The van der Waals surface area contributed by atoms with Gasteiger partial charge in [-0.15, -0.1) is 11.8 Å². The molecule has 0 aromatic carbocycles. The van der Waals surface area contributed by atoms with Crippen molar-refractivity contribution in [1.29, 1.82) is 0 Å². The lowest BCUT2D eigenvalue weighted by Gasteiger charge is -2.13. The van der Waals surface area contributed by atoms with Crippen LogP contribution in [-0.2, 0) is 9.84 Å². The molecule has 1 heterocycles. The summed E-state index contributed by atoms with van der Waals surface area (Å²) < 4.78 is 22.4. The molecule has 1 rings (SSSR count). The highest BCUT2D eigenvalue weighted by Gasteiger charge is 2.28. The van der Waals surface area contributed by atoms with E-state index in [0.29, 0.717) is 11.5 Å². The van der Waals surface area contributed by atoms with Crippen LogP contribution >= 0.6 is 0 Å². The van der Waals surface area contributed by atoms with E-state index in [0.717, 1.165) is 25.7 Å². The third-order valence-corrected chi connectivity index (χ3v) is 4.62. The lowest BCUT2D eigenvalue weighted by molar-refractivity contribution is 0.455. The summed E-state index contributed by atoms with van der Waals surface area (Å²) in [7, 11) is -2.75. The number of hydrogen-bond acceptors (Lipinski definition) is 3. The first-order valence-corrected chi connectivity index (χ1v) is 7.21. The molecule has 1 aliphatic rings. The summed E-state index contributed by atoms with van der Waals surface area (Å²) in [6.07, 6.45) is 3.30. The third kappa shape index (κ3) is 4.67. The highest BCUT2D eigenvalue weighted by molar-refractivity contribution is 7.91. The van der Waals surface area contributed by atoms with E-state index in [-0.39, 0.29) is 12.0 Å². The van der Waals surface area contributed by atoms with E-state index in [1.807, 2.05) is 6.92 Å². The van der Waals surface area contributed by atoms with E-state index in [1.165, 1.54) is 0 Å². The summed E-state index contributed by atoms with van der Waals surface area (Å²) in [5.74, 6) is 6.76. The van der Waals surface area contributed by atoms with Crippen molar-refractivity contribution in [2.24, 2.45) is 11.7 Å². The van der Waals surface area contributed by atoms with Gasteiger partial charge in [0.05, 0.1) is 11.5 Å². The molecule has 0 radical (unpaired) electrons. The molecule has 2 atom stereocenters. The maximum atomic E-state index is 11.2. The average Bonchev–Trinajstić information content (AvgIpc) is 2.46. The zero-order chi connectivity index (χ0) is 11.3. The van der Waals surface area contributed by atoms with Gasteiger partial charge in [-0.2, -0.15) is 0 Å². The smallest absolute Gasteiger partial charge is 0.150 e. The number of hydrogen-bond donors (Lipinski definition) is 1. The molecule has 0 spiro atoms.